The fraction of sp³-hybridized carbons (Fsp3) is 0.417. The highest BCUT2D eigenvalue weighted by Gasteiger charge is 2.19. The Bertz CT molecular complexity index is 1110. The van der Waals surface area contributed by atoms with E-state index in [9.17, 15) is 13.6 Å². The second-order valence-corrected chi connectivity index (χ2v) is 9.23. The Labute approximate surface area is 193 Å². The van der Waals surface area contributed by atoms with Crippen LogP contribution in [0.25, 0.3) is 10.9 Å². The molecule has 0 radical (unpaired) electrons. The molecule has 0 aliphatic carbocycles. The maximum absolute atomic E-state index is 12.6. The highest BCUT2D eigenvalue weighted by Crippen LogP contribution is 2.24. The number of aromatic nitrogens is 2. The molecular weight excluding hydrogens is 424 g/mol. The van der Waals surface area contributed by atoms with Crippen molar-refractivity contribution in [1.82, 2.24) is 20.2 Å². The van der Waals surface area contributed by atoms with E-state index < -0.39 is 11.1 Å². The first-order valence-electron chi connectivity index (χ1n) is 10.9. The van der Waals surface area contributed by atoms with Crippen LogP contribution in [-0.4, -0.2) is 37.3 Å². The number of piperidine rings is 1. The van der Waals surface area contributed by atoms with Crippen molar-refractivity contribution < 1.29 is 15.0 Å². The minimum Gasteiger partial charge on any atom is -0.768 e. The van der Waals surface area contributed by atoms with Gasteiger partial charge in [-0.2, -0.15) is 0 Å². The third kappa shape index (κ3) is 5.62. The number of nitrogens with zero attached hydrogens (tertiary/aromatic N) is 2. The maximum atomic E-state index is 12.6. The van der Waals surface area contributed by atoms with Crippen molar-refractivity contribution in [1.29, 1.82) is 0 Å². The van der Waals surface area contributed by atoms with Crippen LogP contribution in [0.1, 0.15) is 55.9 Å². The molecule has 8 heteroatoms. The largest absolute Gasteiger partial charge is 0.768 e. The van der Waals surface area contributed by atoms with Gasteiger partial charge in [-0.25, -0.2) is 0 Å². The Balaban J connectivity index is 0.000000413. The molecule has 174 valence electrons. The van der Waals surface area contributed by atoms with Gasteiger partial charge >= 0.3 is 0 Å². The van der Waals surface area contributed by atoms with E-state index in [4.69, 9.17) is 0 Å². The van der Waals surface area contributed by atoms with E-state index in [1.807, 2.05) is 37.3 Å². The number of hydrogen-bond acceptors (Lipinski definition) is 5. The Morgan fingerprint density at radius 3 is 2.62 bits per heavy atom. The fourth-order valence-corrected chi connectivity index (χ4v) is 4.46. The molecule has 1 saturated heterocycles. The van der Waals surface area contributed by atoms with Gasteiger partial charge < -0.3 is 19.8 Å². The SMILES string of the molecule is CC1CCNCC1.Cc1c(S(=O)[O-])cc(C(=O)NC(C)c2cccc3ncccc23)n1C.[HH]. The zero-order valence-corrected chi connectivity index (χ0v) is 19.9. The predicted octanol–water partition coefficient (Wildman–Crippen LogP) is 3.86. The molecule has 1 aromatic carbocycles. The molecule has 3 aromatic rings. The molecule has 32 heavy (non-hydrogen) atoms. The summed E-state index contributed by atoms with van der Waals surface area (Å²) in [7, 11) is 1.67. The second-order valence-electron chi connectivity index (χ2n) is 8.32. The minimum absolute atomic E-state index is 0. The summed E-state index contributed by atoms with van der Waals surface area (Å²) in [4.78, 5) is 17.1. The molecule has 0 saturated carbocycles. The van der Waals surface area contributed by atoms with Gasteiger partial charge in [0, 0.05) is 30.6 Å². The second kappa shape index (κ2) is 10.8. The van der Waals surface area contributed by atoms with E-state index in [-0.39, 0.29) is 18.3 Å². The number of carbonyl (C=O) groups excluding carboxylic acids is 1. The highest BCUT2D eigenvalue weighted by atomic mass is 32.2. The number of amides is 1. The minimum atomic E-state index is -2.37. The Morgan fingerprint density at radius 2 is 2.03 bits per heavy atom. The van der Waals surface area contributed by atoms with Crippen molar-refractivity contribution in [2.24, 2.45) is 13.0 Å². The number of fused-ring (bicyclic) bond motifs is 1. The van der Waals surface area contributed by atoms with Gasteiger partial charge in [0.15, 0.2) is 0 Å². The number of carbonyl (C=O) groups is 1. The average molecular weight is 458 g/mol. The Morgan fingerprint density at radius 1 is 1.31 bits per heavy atom. The third-order valence-corrected chi connectivity index (χ3v) is 6.79. The maximum Gasteiger partial charge on any atom is 0.268 e. The lowest BCUT2D eigenvalue weighted by Crippen LogP contribution is -2.28. The zero-order valence-electron chi connectivity index (χ0n) is 19.1. The van der Waals surface area contributed by atoms with Crippen molar-refractivity contribution in [2.45, 2.75) is 44.6 Å². The number of benzene rings is 1. The van der Waals surface area contributed by atoms with Crippen LogP contribution in [0.2, 0.25) is 0 Å². The van der Waals surface area contributed by atoms with E-state index >= 15 is 0 Å². The molecule has 1 fully saturated rings. The predicted molar refractivity (Wildman–Crippen MR) is 128 cm³/mol. The Hall–Kier alpha value is -2.55. The lowest BCUT2D eigenvalue weighted by molar-refractivity contribution is 0.0931. The summed E-state index contributed by atoms with van der Waals surface area (Å²) >= 11 is -2.37. The van der Waals surface area contributed by atoms with Crippen LogP contribution in [0.3, 0.4) is 0 Å². The lowest BCUT2D eigenvalue weighted by atomic mass is 10.0. The van der Waals surface area contributed by atoms with Crippen molar-refractivity contribution in [3.63, 3.8) is 0 Å². The number of hydrogen-bond donors (Lipinski definition) is 2. The summed E-state index contributed by atoms with van der Waals surface area (Å²) in [5.41, 5.74) is 2.65. The molecule has 2 unspecified atom stereocenters. The first-order chi connectivity index (χ1) is 15.3. The van der Waals surface area contributed by atoms with Crippen LogP contribution in [0.15, 0.2) is 47.5 Å². The van der Waals surface area contributed by atoms with Gasteiger partial charge in [0.25, 0.3) is 5.91 Å². The molecule has 1 aliphatic rings. The van der Waals surface area contributed by atoms with Gasteiger partial charge in [-0.1, -0.05) is 25.1 Å². The molecule has 7 nitrogen and oxygen atoms in total. The number of nitrogens with one attached hydrogen (secondary N) is 2. The van der Waals surface area contributed by atoms with Crippen LogP contribution < -0.4 is 10.6 Å². The quantitative estimate of drug-likeness (QED) is 0.580. The normalized spacial score (nSPS) is 16.2. The summed E-state index contributed by atoms with van der Waals surface area (Å²) in [5, 5.41) is 7.23. The van der Waals surface area contributed by atoms with Crippen LogP contribution in [-0.2, 0) is 18.1 Å². The monoisotopic (exact) mass is 457 g/mol. The Kier molecular flexibility index (Phi) is 8.17. The van der Waals surface area contributed by atoms with Crippen LogP contribution in [0, 0.1) is 12.8 Å². The molecule has 4 rings (SSSR count). The molecule has 0 spiro atoms. The smallest absolute Gasteiger partial charge is 0.268 e. The summed E-state index contributed by atoms with van der Waals surface area (Å²) < 4.78 is 24.1. The molecule has 0 bridgehead atoms. The zero-order chi connectivity index (χ0) is 23.3. The van der Waals surface area contributed by atoms with Gasteiger partial charge in [0.2, 0.25) is 0 Å². The molecule has 3 heterocycles. The first-order valence-corrected chi connectivity index (χ1v) is 12.0. The summed E-state index contributed by atoms with van der Waals surface area (Å²) in [6.07, 6.45) is 4.48. The van der Waals surface area contributed by atoms with E-state index in [0.717, 1.165) is 22.4 Å². The average Bonchev–Trinajstić information content (AvgIpc) is 3.09. The van der Waals surface area contributed by atoms with E-state index in [1.54, 1.807) is 24.7 Å². The van der Waals surface area contributed by atoms with Crippen molar-refractivity contribution in [2.75, 3.05) is 13.1 Å². The van der Waals surface area contributed by atoms with Crippen LogP contribution in [0.5, 0.6) is 0 Å². The van der Waals surface area contributed by atoms with Crippen molar-refractivity contribution in [3.8, 4) is 0 Å². The molecular formula is C24H33N4O3S-. The van der Waals surface area contributed by atoms with Gasteiger partial charge in [0.05, 0.1) is 11.6 Å². The summed E-state index contributed by atoms with van der Waals surface area (Å²) in [6.45, 7) is 8.35. The molecule has 2 N–H and O–H groups in total. The molecule has 2 atom stereocenters. The van der Waals surface area contributed by atoms with Crippen molar-refractivity contribution in [3.05, 3.63) is 59.5 Å². The van der Waals surface area contributed by atoms with E-state index in [2.05, 4.69) is 22.5 Å². The topological polar surface area (TPSA) is 99.1 Å². The highest BCUT2D eigenvalue weighted by molar-refractivity contribution is 7.79. The van der Waals surface area contributed by atoms with Crippen LogP contribution >= 0.6 is 0 Å². The van der Waals surface area contributed by atoms with E-state index in [1.165, 1.54) is 32.0 Å². The third-order valence-electron chi connectivity index (χ3n) is 6.02. The fourth-order valence-electron chi connectivity index (χ4n) is 3.88. The molecule has 1 aliphatic heterocycles. The number of rotatable bonds is 4. The van der Waals surface area contributed by atoms with Gasteiger partial charge in [-0.15, -0.1) is 0 Å². The van der Waals surface area contributed by atoms with E-state index in [0.29, 0.717) is 11.4 Å². The van der Waals surface area contributed by atoms with Gasteiger partial charge in [-0.3, -0.25) is 14.0 Å². The van der Waals surface area contributed by atoms with Crippen molar-refractivity contribution >= 4 is 27.9 Å². The first kappa shape index (κ1) is 24.1. The summed E-state index contributed by atoms with van der Waals surface area (Å²) in [6, 6.07) is 10.7. The van der Waals surface area contributed by atoms with Gasteiger partial charge in [0.1, 0.15) is 5.69 Å². The molecule has 2 aromatic heterocycles. The summed E-state index contributed by atoms with van der Waals surface area (Å²) in [5.74, 6) is 0.650. The molecule has 1 amide bonds. The van der Waals surface area contributed by atoms with Crippen LogP contribution in [0.4, 0.5) is 0 Å². The standard InChI is InChI=1S/C18H19N3O3S.C6H13N.H2/c1-11(13-6-4-8-15-14(13)7-5-9-19-15)20-18(22)16-10-17(25(23)24)12(2)21(16)3;1-6-2-4-7-5-3-6;/h4-11H,1-3H3,(H,20,22)(H,23,24);6-7H,2-5H2,1H3;1H/p-1. The lowest BCUT2D eigenvalue weighted by Gasteiger charge is -2.17. The van der Waals surface area contributed by atoms with Gasteiger partial charge in [-0.05, 0) is 80.5 Å². The number of pyridine rings is 1.